The van der Waals surface area contributed by atoms with E-state index in [9.17, 15) is 4.79 Å². The summed E-state index contributed by atoms with van der Waals surface area (Å²) >= 11 is 8.62. The van der Waals surface area contributed by atoms with Gasteiger partial charge in [-0.15, -0.1) is 0 Å². The van der Waals surface area contributed by atoms with Crippen molar-refractivity contribution < 1.29 is 4.79 Å². The lowest BCUT2D eigenvalue weighted by Gasteiger charge is -2.00. The summed E-state index contributed by atoms with van der Waals surface area (Å²) in [6.45, 7) is 5.85. The SMILES string of the molecule is CC.Cc1c(Br)cccc1C(=O)Cl. The minimum Gasteiger partial charge on any atom is -0.276 e. The van der Waals surface area contributed by atoms with E-state index in [-0.39, 0.29) is 0 Å². The summed E-state index contributed by atoms with van der Waals surface area (Å²) in [5, 5.41) is -0.413. The van der Waals surface area contributed by atoms with Gasteiger partial charge in [0.05, 0.1) is 0 Å². The van der Waals surface area contributed by atoms with Crippen LogP contribution in [0.2, 0.25) is 0 Å². The van der Waals surface area contributed by atoms with Gasteiger partial charge in [-0.3, -0.25) is 4.79 Å². The van der Waals surface area contributed by atoms with Crippen LogP contribution >= 0.6 is 27.5 Å². The van der Waals surface area contributed by atoms with Crippen molar-refractivity contribution in [1.29, 1.82) is 0 Å². The number of benzene rings is 1. The predicted octanol–water partition coefficient (Wildman–Crippen LogP) is 4.16. The molecule has 1 nitrogen and oxygen atoms in total. The van der Waals surface area contributed by atoms with Crippen molar-refractivity contribution >= 4 is 32.8 Å². The number of carbonyl (C=O) groups excluding carboxylic acids is 1. The Hall–Kier alpha value is -0.340. The normalized spacial score (nSPS) is 8.69. The van der Waals surface area contributed by atoms with Gasteiger partial charge in [-0.2, -0.15) is 0 Å². The van der Waals surface area contributed by atoms with Gasteiger partial charge in [0, 0.05) is 10.0 Å². The van der Waals surface area contributed by atoms with E-state index >= 15 is 0 Å². The minimum absolute atomic E-state index is 0.413. The molecule has 0 aromatic heterocycles. The van der Waals surface area contributed by atoms with Crippen LogP contribution in [0.5, 0.6) is 0 Å². The minimum atomic E-state index is -0.413. The van der Waals surface area contributed by atoms with Crippen LogP contribution in [0.1, 0.15) is 29.8 Å². The Morgan fingerprint density at radius 3 is 2.31 bits per heavy atom. The third-order valence-electron chi connectivity index (χ3n) is 1.48. The van der Waals surface area contributed by atoms with Gasteiger partial charge in [0.15, 0.2) is 0 Å². The highest BCUT2D eigenvalue weighted by atomic mass is 79.9. The van der Waals surface area contributed by atoms with E-state index in [4.69, 9.17) is 11.6 Å². The molecule has 0 heterocycles. The largest absolute Gasteiger partial charge is 0.276 e. The molecular weight excluding hydrogens is 251 g/mol. The van der Waals surface area contributed by atoms with Crippen molar-refractivity contribution in [1.82, 2.24) is 0 Å². The summed E-state index contributed by atoms with van der Waals surface area (Å²) < 4.78 is 0.906. The maximum Gasteiger partial charge on any atom is 0.252 e. The van der Waals surface area contributed by atoms with Crippen molar-refractivity contribution in [3.05, 3.63) is 33.8 Å². The molecule has 0 N–H and O–H groups in total. The molecule has 0 radical (unpaired) electrons. The third kappa shape index (κ3) is 3.49. The Bertz CT molecular complexity index is 297. The van der Waals surface area contributed by atoms with E-state index in [0.29, 0.717) is 5.56 Å². The van der Waals surface area contributed by atoms with Crippen LogP contribution in [-0.4, -0.2) is 5.24 Å². The second-order valence-electron chi connectivity index (χ2n) is 2.19. The molecule has 0 saturated heterocycles. The molecule has 0 aliphatic carbocycles. The average Bonchev–Trinajstić information content (AvgIpc) is 2.13. The first-order valence-electron chi connectivity index (χ1n) is 4.08. The maximum atomic E-state index is 10.8. The smallest absolute Gasteiger partial charge is 0.252 e. The number of carbonyl (C=O) groups is 1. The fourth-order valence-electron chi connectivity index (χ4n) is 0.820. The standard InChI is InChI=1S/C8H6BrClO.C2H6/c1-5-6(8(10)11)3-2-4-7(5)9;1-2/h2-4H,1H3;1-2H3. The van der Waals surface area contributed by atoms with E-state index in [1.807, 2.05) is 26.8 Å². The first-order chi connectivity index (χ1) is 6.13. The van der Waals surface area contributed by atoms with Crippen LogP contribution < -0.4 is 0 Å². The van der Waals surface area contributed by atoms with E-state index in [1.54, 1.807) is 12.1 Å². The molecule has 0 amide bonds. The highest BCUT2D eigenvalue weighted by Crippen LogP contribution is 2.20. The van der Waals surface area contributed by atoms with Gasteiger partial charge in [0.25, 0.3) is 5.24 Å². The summed E-state index contributed by atoms with van der Waals surface area (Å²) in [7, 11) is 0. The van der Waals surface area contributed by atoms with Crippen molar-refractivity contribution in [2.45, 2.75) is 20.8 Å². The van der Waals surface area contributed by atoms with Crippen LogP contribution in [-0.2, 0) is 0 Å². The van der Waals surface area contributed by atoms with Crippen molar-refractivity contribution in [3.63, 3.8) is 0 Å². The zero-order chi connectivity index (χ0) is 10.4. The molecule has 0 unspecified atom stereocenters. The fourth-order valence-corrected chi connectivity index (χ4v) is 1.39. The zero-order valence-corrected chi connectivity index (χ0v) is 10.2. The van der Waals surface area contributed by atoms with E-state index in [2.05, 4.69) is 15.9 Å². The molecule has 1 rings (SSSR count). The number of hydrogen-bond donors (Lipinski definition) is 0. The predicted molar refractivity (Wildman–Crippen MR) is 60.4 cm³/mol. The lowest BCUT2D eigenvalue weighted by atomic mass is 10.1. The molecular formula is C10H12BrClO. The molecule has 3 heteroatoms. The van der Waals surface area contributed by atoms with E-state index in [1.165, 1.54) is 0 Å². The molecule has 0 saturated carbocycles. The average molecular weight is 264 g/mol. The Balaban J connectivity index is 0.000000671. The van der Waals surface area contributed by atoms with Crippen LogP contribution in [0.3, 0.4) is 0 Å². The topological polar surface area (TPSA) is 17.1 Å². The van der Waals surface area contributed by atoms with Crippen LogP contribution in [0.4, 0.5) is 0 Å². The molecule has 0 atom stereocenters. The van der Waals surface area contributed by atoms with Crippen molar-refractivity contribution in [2.75, 3.05) is 0 Å². The van der Waals surface area contributed by atoms with E-state index in [0.717, 1.165) is 10.0 Å². The van der Waals surface area contributed by atoms with Crippen LogP contribution in [0.25, 0.3) is 0 Å². The lowest BCUT2D eigenvalue weighted by Crippen LogP contribution is -1.92. The van der Waals surface area contributed by atoms with Gasteiger partial charge < -0.3 is 0 Å². The van der Waals surface area contributed by atoms with Gasteiger partial charge in [-0.05, 0) is 36.2 Å². The van der Waals surface area contributed by atoms with Gasteiger partial charge in [0.2, 0.25) is 0 Å². The monoisotopic (exact) mass is 262 g/mol. The number of hydrogen-bond acceptors (Lipinski definition) is 1. The first-order valence-corrected chi connectivity index (χ1v) is 5.25. The highest BCUT2D eigenvalue weighted by molar-refractivity contribution is 9.10. The second kappa shape index (κ2) is 6.17. The highest BCUT2D eigenvalue weighted by Gasteiger charge is 2.06. The molecule has 1 aromatic rings. The van der Waals surface area contributed by atoms with Crippen molar-refractivity contribution in [2.24, 2.45) is 0 Å². The third-order valence-corrected chi connectivity index (χ3v) is 2.54. The van der Waals surface area contributed by atoms with Gasteiger partial charge in [-0.1, -0.05) is 35.8 Å². The molecule has 0 aliphatic rings. The lowest BCUT2D eigenvalue weighted by molar-refractivity contribution is 0.108. The first kappa shape index (κ1) is 12.7. The zero-order valence-electron chi connectivity index (χ0n) is 7.90. The quantitative estimate of drug-likeness (QED) is 0.695. The summed E-state index contributed by atoms with van der Waals surface area (Å²) in [6, 6.07) is 5.36. The van der Waals surface area contributed by atoms with Gasteiger partial charge >= 0.3 is 0 Å². The molecule has 13 heavy (non-hydrogen) atoms. The second-order valence-corrected chi connectivity index (χ2v) is 3.38. The Labute approximate surface area is 92.2 Å². The van der Waals surface area contributed by atoms with E-state index < -0.39 is 5.24 Å². The summed E-state index contributed by atoms with van der Waals surface area (Å²) in [5.74, 6) is 0. The molecule has 0 aliphatic heterocycles. The number of halogens is 2. The maximum absolute atomic E-state index is 10.8. The Morgan fingerprint density at radius 2 is 1.92 bits per heavy atom. The number of rotatable bonds is 1. The van der Waals surface area contributed by atoms with Crippen LogP contribution in [0.15, 0.2) is 22.7 Å². The summed E-state index contributed by atoms with van der Waals surface area (Å²) in [6.07, 6.45) is 0. The molecule has 0 bridgehead atoms. The Morgan fingerprint density at radius 1 is 1.38 bits per heavy atom. The molecule has 0 fully saturated rings. The van der Waals surface area contributed by atoms with Crippen molar-refractivity contribution in [3.8, 4) is 0 Å². The molecule has 0 spiro atoms. The van der Waals surface area contributed by atoms with Gasteiger partial charge in [0.1, 0.15) is 0 Å². The Kier molecular flexibility index (Phi) is 6.00. The molecule has 1 aromatic carbocycles. The van der Waals surface area contributed by atoms with Gasteiger partial charge in [-0.25, -0.2) is 0 Å². The summed E-state index contributed by atoms with van der Waals surface area (Å²) in [4.78, 5) is 10.8. The summed E-state index contributed by atoms with van der Waals surface area (Å²) in [5.41, 5.74) is 1.44. The van der Waals surface area contributed by atoms with Crippen LogP contribution in [0, 0.1) is 6.92 Å². The fraction of sp³-hybridized carbons (Fsp3) is 0.300. The molecule has 72 valence electrons.